The lowest BCUT2D eigenvalue weighted by Crippen LogP contribution is -2.56. The summed E-state index contributed by atoms with van der Waals surface area (Å²) < 4.78 is -1.89. The molecule has 0 aliphatic carbocycles. The Kier molecular flexibility index (Phi) is 7.48. The minimum absolute atomic E-state index is 0.0736. The van der Waals surface area contributed by atoms with Crippen molar-refractivity contribution < 1.29 is 14.7 Å². The number of amides is 1. The largest absolute Gasteiger partial charge is 0.478 e. The van der Waals surface area contributed by atoms with Crippen LogP contribution < -0.4 is 16.0 Å². The van der Waals surface area contributed by atoms with Crippen LogP contribution in [0.4, 0.5) is 5.69 Å². The number of hydrogen-bond acceptors (Lipinski definition) is 3. The lowest BCUT2D eigenvalue weighted by atomic mass is 10.1. The molecule has 1 amide bonds. The van der Waals surface area contributed by atoms with Gasteiger partial charge in [0, 0.05) is 11.3 Å². The van der Waals surface area contributed by atoms with E-state index in [4.69, 9.17) is 52.1 Å². The molecule has 10 heteroatoms. The molecule has 1 atom stereocenters. The van der Waals surface area contributed by atoms with Crippen LogP contribution in [-0.4, -0.2) is 32.1 Å². The molecule has 4 N–H and O–H groups in total. The molecule has 28 heavy (non-hydrogen) atoms. The molecular formula is C18H16Cl3N3O3S. The number of anilines is 1. The second-order valence-corrected chi connectivity index (χ2v) is 8.52. The van der Waals surface area contributed by atoms with Crippen molar-refractivity contribution in [3.05, 3.63) is 65.2 Å². The zero-order valence-electron chi connectivity index (χ0n) is 14.5. The summed E-state index contributed by atoms with van der Waals surface area (Å²) in [6.45, 7) is 1.79. The number of alkyl halides is 3. The van der Waals surface area contributed by atoms with E-state index in [1.54, 1.807) is 25.1 Å². The number of thiocarbonyl (C=S) groups is 1. The van der Waals surface area contributed by atoms with Crippen molar-refractivity contribution in [2.75, 3.05) is 5.32 Å². The predicted molar refractivity (Wildman–Crippen MR) is 115 cm³/mol. The molecule has 0 radical (unpaired) electrons. The second-order valence-electron chi connectivity index (χ2n) is 5.74. The fraction of sp³-hybridized carbons (Fsp3) is 0.167. The summed E-state index contributed by atoms with van der Waals surface area (Å²) in [6, 6.07) is 12.9. The molecule has 0 saturated heterocycles. The number of rotatable bonds is 5. The van der Waals surface area contributed by atoms with Crippen LogP contribution in [0.15, 0.2) is 48.5 Å². The van der Waals surface area contributed by atoms with E-state index >= 15 is 0 Å². The average Bonchev–Trinajstić information content (AvgIpc) is 2.61. The first-order valence-electron chi connectivity index (χ1n) is 7.92. The highest BCUT2D eigenvalue weighted by Gasteiger charge is 2.35. The van der Waals surface area contributed by atoms with E-state index in [-0.39, 0.29) is 10.7 Å². The Hall–Kier alpha value is -2.06. The summed E-state index contributed by atoms with van der Waals surface area (Å²) in [4.78, 5) is 23.4. The average molecular weight is 461 g/mol. The molecule has 0 fully saturated rings. The molecule has 0 heterocycles. The van der Waals surface area contributed by atoms with Gasteiger partial charge in [0.15, 0.2) is 5.11 Å². The molecule has 0 spiro atoms. The molecule has 0 unspecified atom stereocenters. The van der Waals surface area contributed by atoms with Crippen LogP contribution in [0.2, 0.25) is 0 Å². The maximum absolute atomic E-state index is 12.5. The number of nitrogens with one attached hydrogen (secondary N) is 3. The highest BCUT2D eigenvalue weighted by Crippen LogP contribution is 2.29. The van der Waals surface area contributed by atoms with Gasteiger partial charge in [0.05, 0.1) is 5.56 Å². The number of aryl methyl sites for hydroxylation is 1. The smallest absolute Gasteiger partial charge is 0.335 e. The van der Waals surface area contributed by atoms with Crippen LogP contribution in [0, 0.1) is 6.92 Å². The first kappa shape index (κ1) is 22.2. The molecule has 148 valence electrons. The van der Waals surface area contributed by atoms with Crippen molar-refractivity contribution >= 4 is 69.7 Å². The van der Waals surface area contributed by atoms with Gasteiger partial charge in [-0.1, -0.05) is 53.0 Å². The van der Waals surface area contributed by atoms with Gasteiger partial charge in [-0.2, -0.15) is 0 Å². The molecule has 0 bridgehead atoms. The van der Waals surface area contributed by atoms with Gasteiger partial charge >= 0.3 is 5.97 Å². The summed E-state index contributed by atoms with van der Waals surface area (Å²) in [5.74, 6) is -1.47. The summed E-state index contributed by atoms with van der Waals surface area (Å²) >= 11 is 23.1. The van der Waals surface area contributed by atoms with Gasteiger partial charge in [0.1, 0.15) is 6.17 Å². The number of carbonyl (C=O) groups is 2. The summed E-state index contributed by atoms with van der Waals surface area (Å²) in [6.07, 6.45) is -1.12. The fourth-order valence-electron chi connectivity index (χ4n) is 2.23. The van der Waals surface area contributed by atoms with E-state index in [0.717, 1.165) is 5.56 Å². The molecule has 2 aromatic carbocycles. The zero-order chi connectivity index (χ0) is 20.9. The molecule has 2 aromatic rings. The minimum atomic E-state index is -1.89. The first-order valence-corrected chi connectivity index (χ1v) is 9.46. The van der Waals surface area contributed by atoms with Crippen LogP contribution >= 0.6 is 47.0 Å². The Labute approximate surface area is 182 Å². The quantitative estimate of drug-likeness (QED) is 0.305. The Bertz CT molecular complexity index is 886. The molecule has 0 aromatic heterocycles. The lowest BCUT2D eigenvalue weighted by molar-refractivity contribution is 0.0696. The van der Waals surface area contributed by atoms with Gasteiger partial charge in [-0.25, -0.2) is 4.79 Å². The first-order chi connectivity index (χ1) is 13.1. The highest BCUT2D eigenvalue weighted by atomic mass is 35.6. The predicted octanol–water partition coefficient (Wildman–Crippen LogP) is 4.11. The van der Waals surface area contributed by atoms with Gasteiger partial charge in [0.2, 0.25) is 3.79 Å². The summed E-state index contributed by atoms with van der Waals surface area (Å²) in [7, 11) is 0. The number of carbonyl (C=O) groups excluding carboxylic acids is 1. The molecule has 6 nitrogen and oxygen atoms in total. The van der Waals surface area contributed by atoms with E-state index in [1.807, 2.05) is 6.07 Å². The Balaban J connectivity index is 2.07. The number of halogens is 3. The maximum Gasteiger partial charge on any atom is 0.335 e. The lowest BCUT2D eigenvalue weighted by Gasteiger charge is -2.28. The SMILES string of the molecule is Cc1ccccc1C(=O)N[C@@H](NC(=S)Nc1ccc(C(=O)O)cc1)C(Cl)(Cl)Cl. The van der Waals surface area contributed by atoms with Gasteiger partial charge in [0.25, 0.3) is 5.91 Å². The highest BCUT2D eigenvalue weighted by molar-refractivity contribution is 7.80. The van der Waals surface area contributed by atoms with Gasteiger partial charge in [-0.05, 0) is 55.0 Å². The summed E-state index contributed by atoms with van der Waals surface area (Å²) in [5.41, 5.74) is 1.86. The molecule has 0 aliphatic rings. The maximum atomic E-state index is 12.5. The Morgan fingerprint density at radius 2 is 1.64 bits per heavy atom. The van der Waals surface area contributed by atoms with Crippen LogP contribution in [0.1, 0.15) is 26.3 Å². The van der Waals surface area contributed by atoms with Crippen molar-refractivity contribution in [3.63, 3.8) is 0 Å². The van der Waals surface area contributed by atoms with Crippen molar-refractivity contribution in [3.8, 4) is 0 Å². The third kappa shape index (κ3) is 6.24. The molecule has 2 rings (SSSR count). The Morgan fingerprint density at radius 1 is 1.04 bits per heavy atom. The van der Waals surface area contributed by atoms with Crippen LogP contribution in [0.25, 0.3) is 0 Å². The number of carboxylic acids is 1. The number of aromatic carboxylic acids is 1. The molecular weight excluding hydrogens is 445 g/mol. The topological polar surface area (TPSA) is 90.5 Å². The standard InChI is InChI=1S/C18H16Cl3N3O3S/c1-10-4-2-3-5-13(10)14(25)23-16(18(19,20)21)24-17(28)22-12-8-6-11(7-9-12)15(26)27/h2-9,16H,1H3,(H,23,25)(H,26,27)(H2,22,24,28)/t16-/m0/s1. The van der Waals surface area contributed by atoms with Crippen LogP contribution in [0.5, 0.6) is 0 Å². The molecule has 0 aliphatic heterocycles. The van der Waals surface area contributed by atoms with Gasteiger partial charge in [-0.15, -0.1) is 0 Å². The number of hydrogen-bond donors (Lipinski definition) is 4. The Morgan fingerprint density at radius 3 is 2.18 bits per heavy atom. The van der Waals surface area contributed by atoms with Gasteiger partial charge < -0.3 is 21.1 Å². The van der Waals surface area contributed by atoms with E-state index in [0.29, 0.717) is 11.3 Å². The van der Waals surface area contributed by atoms with Crippen molar-refractivity contribution in [2.24, 2.45) is 0 Å². The number of carboxylic acid groups (broad SMARTS) is 1. The fourth-order valence-corrected chi connectivity index (χ4v) is 2.79. The monoisotopic (exact) mass is 459 g/mol. The third-order valence-electron chi connectivity index (χ3n) is 3.66. The number of benzene rings is 2. The third-order valence-corrected chi connectivity index (χ3v) is 4.53. The molecule has 0 saturated carbocycles. The van der Waals surface area contributed by atoms with Crippen LogP contribution in [-0.2, 0) is 0 Å². The normalized spacial score (nSPS) is 12.0. The van der Waals surface area contributed by atoms with Crippen molar-refractivity contribution in [2.45, 2.75) is 16.9 Å². The van der Waals surface area contributed by atoms with Crippen molar-refractivity contribution in [1.29, 1.82) is 0 Å². The van der Waals surface area contributed by atoms with E-state index in [2.05, 4.69) is 16.0 Å². The van der Waals surface area contributed by atoms with E-state index < -0.39 is 21.8 Å². The van der Waals surface area contributed by atoms with E-state index in [1.165, 1.54) is 24.3 Å². The van der Waals surface area contributed by atoms with E-state index in [9.17, 15) is 9.59 Å². The van der Waals surface area contributed by atoms with Crippen molar-refractivity contribution in [1.82, 2.24) is 10.6 Å². The minimum Gasteiger partial charge on any atom is -0.478 e. The zero-order valence-corrected chi connectivity index (χ0v) is 17.6. The second kappa shape index (κ2) is 9.43. The summed E-state index contributed by atoms with van der Waals surface area (Å²) in [5, 5.41) is 17.2. The van der Waals surface area contributed by atoms with Crippen LogP contribution in [0.3, 0.4) is 0 Å². The van der Waals surface area contributed by atoms with Gasteiger partial charge in [-0.3, -0.25) is 4.79 Å².